The van der Waals surface area contributed by atoms with E-state index < -0.39 is 10.0 Å². The Hall–Kier alpha value is -3.09. The first-order valence-corrected chi connectivity index (χ1v) is 14.6. The van der Waals surface area contributed by atoms with Gasteiger partial charge in [-0.15, -0.1) is 0 Å². The summed E-state index contributed by atoms with van der Waals surface area (Å²) in [5.41, 5.74) is 1.92. The van der Waals surface area contributed by atoms with Crippen molar-refractivity contribution < 1.29 is 27.5 Å². The summed E-state index contributed by atoms with van der Waals surface area (Å²) in [5, 5.41) is 4.81. The minimum Gasteiger partial charge on any atom is -0.474 e. The van der Waals surface area contributed by atoms with Gasteiger partial charge in [-0.25, -0.2) is 23.5 Å². The number of nitrogens with zero attached hydrogens (tertiary/aromatic N) is 4. The van der Waals surface area contributed by atoms with Crippen LogP contribution in [0.2, 0.25) is 0 Å². The number of primary sulfonamides is 1. The largest absolute Gasteiger partial charge is 0.474 e. The predicted molar refractivity (Wildman–Crippen MR) is 135 cm³/mol. The predicted octanol–water partition coefficient (Wildman–Crippen LogP) is 1.40. The Bertz CT molecular complexity index is 1330. The quantitative estimate of drug-likeness (QED) is 0.578. The number of fused-ring (bicyclic) bond motifs is 1. The summed E-state index contributed by atoms with van der Waals surface area (Å²) in [6, 6.07) is 4.63. The van der Waals surface area contributed by atoms with Crippen LogP contribution in [0.15, 0.2) is 35.6 Å². The first kappa shape index (κ1) is 25.2. The highest BCUT2D eigenvalue weighted by Crippen LogP contribution is 2.44. The Morgan fingerprint density at radius 1 is 0.895 bits per heavy atom. The summed E-state index contributed by atoms with van der Waals surface area (Å²) in [6.07, 6.45) is 6.83. The van der Waals surface area contributed by atoms with Gasteiger partial charge in [0.1, 0.15) is 6.10 Å². The maximum Gasteiger partial charge on any atom is 0.255 e. The zero-order valence-electron chi connectivity index (χ0n) is 21.0. The first-order valence-electron chi connectivity index (χ1n) is 13.1. The van der Waals surface area contributed by atoms with Gasteiger partial charge in [0.15, 0.2) is 5.03 Å². The number of rotatable bonds is 6. The van der Waals surface area contributed by atoms with Crippen LogP contribution in [-0.2, 0) is 14.8 Å². The zero-order chi connectivity index (χ0) is 26.4. The minimum atomic E-state index is -3.92. The lowest BCUT2D eigenvalue weighted by Gasteiger charge is -2.24. The SMILES string of the molecule is NS(=O)(=O)c1ccc(C(=O)N2C[C@@H]3CN(C(=O)c4cnc(OC5CCOCC5)c(C5CC5)c4)C[C@H]3C2)cn1. The summed E-state index contributed by atoms with van der Waals surface area (Å²) in [7, 11) is -3.92. The molecule has 0 bridgehead atoms. The van der Waals surface area contributed by atoms with Gasteiger partial charge in [-0.2, -0.15) is 0 Å². The van der Waals surface area contributed by atoms with Crippen molar-refractivity contribution in [2.24, 2.45) is 17.0 Å². The number of likely N-dealkylation sites (tertiary alicyclic amines) is 2. The summed E-state index contributed by atoms with van der Waals surface area (Å²) in [6.45, 7) is 3.62. The van der Waals surface area contributed by atoms with Gasteiger partial charge in [-0.1, -0.05) is 0 Å². The van der Waals surface area contributed by atoms with E-state index in [4.69, 9.17) is 14.6 Å². The second-order valence-electron chi connectivity index (χ2n) is 10.7. The lowest BCUT2D eigenvalue weighted by molar-refractivity contribution is 0.0233. The zero-order valence-corrected chi connectivity index (χ0v) is 21.8. The van der Waals surface area contributed by atoms with Crippen molar-refractivity contribution >= 4 is 21.8 Å². The Balaban J connectivity index is 1.09. The minimum absolute atomic E-state index is 0.0351. The van der Waals surface area contributed by atoms with Gasteiger partial charge in [0.25, 0.3) is 21.8 Å². The molecular weight excluding hydrogens is 510 g/mol. The molecule has 2 aromatic rings. The van der Waals surface area contributed by atoms with Crippen molar-refractivity contribution in [3.8, 4) is 5.88 Å². The van der Waals surface area contributed by atoms with Crippen LogP contribution in [0.4, 0.5) is 0 Å². The van der Waals surface area contributed by atoms with E-state index in [0.29, 0.717) is 62.3 Å². The van der Waals surface area contributed by atoms with E-state index in [1.54, 1.807) is 11.1 Å². The molecule has 1 saturated carbocycles. The number of nitrogens with two attached hydrogens (primary N) is 1. The summed E-state index contributed by atoms with van der Waals surface area (Å²) < 4.78 is 34.5. The fraction of sp³-hybridized carbons (Fsp3) is 0.538. The van der Waals surface area contributed by atoms with Crippen LogP contribution in [0, 0.1) is 11.8 Å². The standard InChI is InChI=1S/C26H31N5O6S/c27-38(34,35)23-4-3-17(10-28-23)25(32)30-12-19-14-31(15-20(19)13-30)26(33)18-9-22(16-1-2-16)24(29-11-18)37-21-5-7-36-8-6-21/h3-4,9-11,16,19-21H,1-2,5-8,12-15H2,(H2,27,34,35)/t19-,20-/m1/s1. The molecule has 12 heteroatoms. The van der Waals surface area contributed by atoms with Gasteiger partial charge in [0, 0.05) is 68.8 Å². The third kappa shape index (κ3) is 5.12. The van der Waals surface area contributed by atoms with E-state index in [2.05, 4.69) is 9.97 Å². The number of carbonyl (C=O) groups is 2. The molecule has 11 nitrogen and oxygen atoms in total. The molecule has 2 N–H and O–H groups in total. The number of aromatic nitrogens is 2. The van der Waals surface area contributed by atoms with Crippen LogP contribution in [-0.4, -0.2) is 85.5 Å². The molecule has 1 aliphatic carbocycles. The number of ether oxygens (including phenoxy) is 2. The van der Waals surface area contributed by atoms with Crippen LogP contribution >= 0.6 is 0 Å². The number of sulfonamides is 1. The summed E-state index contributed by atoms with van der Waals surface area (Å²) in [4.78, 5) is 38.4. The molecule has 3 aliphatic heterocycles. The number of hydrogen-bond acceptors (Lipinski definition) is 8. The highest BCUT2D eigenvalue weighted by molar-refractivity contribution is 7.89. The molecule has 3 saturated heterocycles. The highest BCUT2D eigenvalue weighted by atomic mass is 32.2. The lowest BCUT2D eigenvalue weighted by atomic mass is 10.0. The molecule has 6 rings (SSSR count). The van der Waals surface area contributed by atoms with Crippen LogP contribution in [0.5, 0.6) is 5.88 Å². The van der Waals surface area contributed by atoms with E-state index in [1.807, 2.05) is 11.0 Å². The van der Waals surface area contributed by atoms with E-state index in [9.17, 15) is 18.0 Å². The normalized spacial score (nSPS) is 23.9. The summed E-state index contributed by atoms with van der Waals surface area (Å²) in [5.74, 6) is 1.18. The molecule has 202 valence electrons. The molecule has 4 aliphatic rings. The van der Waals surface area contributed by atoms with E-state index in [-0.39, 0.29) is 34.8 Å². The van der Waals surface area contributed by atoms with Crippen molar-refractivity contribution in [2.45, 2.75) is 42.7 Å². The molecular formula is C26H31N5O6S. The fourth-order valence-corrected chi connectivity index (χ4v) is 6.15. The third-order valence-corrected chi connectivity index (χ3v) is 8.75. The molecule has 2 atom stereocenters. The monoisotopic (exact) mass is 541 g/mol. The van der Waals surface area contributed by atoms with E-state index >= 15 is 0 Å². The number of pyridine rings is 2. The fourth-order valence-electron chi connectivity index (χ4n) is 5.69. The van der Waals surface area contributed by atoms with Crippen LogP contribution in [0.3, 0.4) is 0 Å². The Morgan fingerprint density at radius 3 is 2.05 bits per heavy atom. The molecule has 4 fully saturated rings. The first-order chi connectivity index (χ1) is 18.3. The molecule has 0 aromatic carbocycles. The van der Waals surface area contributed by atoms with Crippen molar-refractivity contribution in [3.05, 3.63) is 47.3 Å². The molecule has 0 radical (unpaired) electrons. The van der Waals surface area contributed by atoms with Crippen molar-refractivity contribution in [3.63, 3.8) is 0 Å². The lowest BCUT2D eigenvalue weighted by Crippen LogP contribution is -2.35. The third-order valence-electron chi connectivity index (χ3n) is 7.93. The van der Waals surface area contributed by atoms with Gasteiger partial charge in [-0.05, 0) is 37.0 Å². The average Bonchev–Trinajstić information content (AvgIpc) is 3.57. The van der Waals surface area contributed by atoms with Crippen LogP contribution in [0.1, 0.15) is 57.9 Å². The maximum absolute atomic E-state index is 13.4. The second-order valence-corrected chi connectivity index (χ2v) is 12.2. The van der Waals surface area contributed by atoms with E-state index in [0.717, 1.165) is 31.2 Å². The van der Waals surface area contributed by atoms with E-state index in [1.165, 1.54) is 18.3 Å². The number of carbonyl (C=O) groups excluding carboxylic acids is 2. The maximum atomic E-state index is 13.4. The molecule has 0 unspecified atom stereocenters. The van der Waals surface area contributed by atoms with Gasteiger partial charge >= 0.3 is 0 Å². The van der Waals surface area contributed by atoms with Gasteiger partial charge < -0.3 is 19.3 Å². The smallest absolute Gasteiger partial charge is 0.255 e. The van der Waals surface area contributed by atoms with Crippen LogP contribution in [0.25, 0.3) is 0 Å². The second kappa shape index (κ2) is 9.90. The highest BCUT2D eigenvalue weighted by Gasteiger charge is 2.43. The topological polar surface area (TPSA) is 145 Å². The summed E-state index contributed by atoms with van der Waals surface area (Å²) >= 11 is 0. The number of amides is 2. The van der Waals surface area contributed by atoms with Crippen molar-refractivity contribution in [1.29, 1.82) is 0 Å². The van der Waals surface area contributed by atoms with Gasteiger partial charge in [0.2, 0.25) is 5.88 Å². The van der Waals surface area contributed by atoms with Crippen LogP contribution < -0.4 is 9.88 Å². The van der Waals surface area contributed by atoms with Gasteiger partial charge in [0.05, 0.1) is 24.3 Å². The average molecular weight is 542 g/mol. The number of hydrogen-bond donors (Lipinski definition) is 1. The molecule has 2 aromatic heterocycles. The molecule has 2 amide bonds. The van der Waals surface area contributed by atoms with Crippen molar-refractivity contribution in [2.75, 3.05) is 39.4 Å². The Labute approximate surface area is 221 Å². The molecule has 5 heterocycles. The van der Waals surface area contributed by atoms with Gasteiger partial charge in [-0.3, -0.25) is 9.59 Å². The Kier molecular flexibility index (Phi) is 6.57. The molecule has 38 heavy (non-hydrogen) atoms. The van der Waals surface area contributed by atoms with Crippen molar-refractivity contribution in [1.82, 2.24) is 19.8 Å². The molecule has 0 spiro atoms. The Morgan fingerprint density at radius 2 is 1.50 bits per heavy atom.